The second-order valence-electron chi connectivity index (χ2n) is 7.83. The molecule has 2 heterocycles. The standard InChI is InChI=1S/C24H28ClN3O3/c1-30-18-4-5-21-19(14-18)20(15-27-21)16-8-11-28(12-9-16)24(29)7-10-26-22-13-17(25)3-6-23(22)31-2/h3-6,13-16,26-27H,7-12H2,1-2H3. The number of H-pyrrole nitrogens is 1. The molecule has 1 amide bonds. The van der Waals surface area contributed by atoms with Gasteiger partial charge in [-0.05, 0) is 60.7 Å². The zero-order chi connectivity index (χ0) is 21.8. The molecule has 164 valence electrons. The number of aromatic nitrogens is 1. The van der Waals surface area contributed by atoms with Crippen LogP contribution in [0.5, 0.6) is 11.5 Å². The molecule has 1 fully saturated rings. The number of methoxy groups -OCH3 is 2. The lowest BCUT2D eigenvalue weighted by Gasteiger charge is -2.32. The number of amides is 1. The van der Waals surface area contributed by atoms with E-state index >= 15 is 0 Å². The number of fused-ring (bicyclic) bond motifs is 1. The average Bonchev–Trinajstić information content (AvgIpc) is 3.22. The fourth-order valence-corrected chi connectivity index (χ4v) is 4.48. The van der Waals surface area contributed by atoms with Crippen molar-refractivity contribution in [3.8, 4) is 11.5 Å². The number of carbonyl (C=O) groups is 1. The van der Waals surface area contributed by atoms with Gasteiger partial charge in [0.2, 0.25) is 5.91 Å². The van der Waals surface area contributed by atoms with Gasteiger partial charge in [-0.3, -0.25) is 4.79 Å². The first-order valence-corrected chi connectivity index (χ1v) is 11.0. The van der Waals surface area contributed by atoms with Crippen LogP contribution in [-0.2, 0) is 4.79 Å². The highest BCUT2D eigenvalue weighted by molar-refractivity contribution is 6.30. The summed E-state index contributed by atoms with van der Waals surface area (Å²) >= 11 is 6.07. The number of hydrogen-bond donors (Lipinski definition) is 2. The molecule has 3 aromatic rings. The summed E-state index contributed by atoms with van der Waals surface area (Å²) in [6.45, 7) is 2.10. The van der Waals surface area contributed by atoms with Crippen molar-refractivity contribution in [2.45, 2.75) is 25.2 Å². The third-order valence-corrected chi connectivity index (χ3v) is 6.26. The highest BCUT2D eigenvalue weighted by Crippen LogP contribution is 2.35. The molecular weight excluding hydrogens is 414 g/mol. The molecule has 0 atom stereocenters. The van der Waals surface area contributed by atoms with Gasteiger partial charge >= 0.3 is 0 Å². The number of benzene rings is 2. The van der Waals surface area contributed by atoms with E-state index in [1.807, 2.05) is 23.1 Å². The quantitative estimate of drug-likeness (QED) is 0.538. The van der Waals surface area contributed by atoms with E-state index in [2.05, 4.69) is 28.6 Å². The van der Waals surface area contributed by atoms with Crippen molar-refractivity contribution in [3.63, 3.8) is 0 Å². The summed E-state index contributed by atoms with van der Waals surface area (Å²) in [7, 11) is 3.31. The zero-order valence-electron chi connectivity index (χ0n) is 17.9. The number of halogens is 1. The molecule has 0 radical (unpaired) electrons. The number of ether oxygens (including phenoxy) is 2. The van der Waals surface area contributed by atoms with E-state index in [1.54, 1.807) is 20.3 Å². The minimum atomic E-state index is 0.174. The predicted molar refractivity (Wildman–Crippen MR) is 125 cm³/mol. The predicted octanol–water partition coefficient (Wildman–Crippen LogP) is 5.05. The second-order valence-corrected chi connectivity index (χ2v) is 8.27. The number of nitrogens with zero attached hydrogens (tertiary/aromatic N) is 1. The number of hydrogen-bond acceptors (Lipinski definition) is 4. The first kappa shape index (κ1) is 21.4. The van der Waals surface area contributed by atoms with Gasteiger partial charge in [0, 0.05) is 48.2 Å². The number of anilines is 1. The maximum atomic E-state index is 12.7. The fourth-order valence-electron chi connectivity index (χ4n) is 4.31. The monoisotopic (exact) mass is 441 g/mol. The van der Waals surface area contributed by atoms with Gasteiger partial charge in [-0.15, -0.1) is 0 Å². The Morgan fingerprint density at radius 1 is 1.16 bits per heavy atom. The Morgan fingerprint density at radius 3 is 2.71 bits per heavy atom. The van der Waals surface area contributed by atoms with Gasteiger partial charge in [-0.1, -0.05) is 11.6 Å². The van der Waals surface area contributed by atoms with Gasteiger partial charge in [-0.2, -0.15) is 0 Å². The van der Waals surface area contributed by atoms with E-state index in [9.17, 15) is 4.79 Å². The summed E-state index contributed by atoms with van der Waals surface area (Å²) in [5.74, 6) is 2.20. The molecule has 2 N–H and O–H groups in total. The molecule has 31 heavy (non-hydrogen) atoms. The van der Waals surface area contributed by atoms with Crippen molar-refractivity contribution in [3.05, 3.63) is 53.2 Å². The molecule has 0 aliphatic carbocycles. The largest absolute Gasteiger partial charge is 0.497 e. The molecule has 0 spiro atoms. The minimum Gasteiger partial charge on any atom is -0.497 e. The molecule has 1 saturated heterocycles. The second kappa shape index (κ2) is 9.52. The molecule has 7 heteroatoms. The van der Waals surface area contributed by atoms with Crippen molar-refractivity contribution in [2.75, 3.05) is 39.2 Å². The Morgan fingerprint density at radius 2 is 1.97 bits per heavy atom. The van der Waals surface area contributed by atoms with Crippen LogP contribution in [0.3, 0.4) is 0 Å². The molecule has 4 rings (SSSR count). The Labute approximate surface area is 187 Å². The van der Waals surface area contributed by atoms with E-state index in [4.69, 9.17) is 21.1 Å². The summed E-state index contributed by atoms with van der Waals surface area (Å²) in [5, 5.41) is 5.11. The van der Waals surface area contributed by atoms with E-state index in [0.29, 0.717) is 29.7 Å². The van der Waals surface area contributed by atoms with Crippen molar-refractivity contribution in [1.82, 2.24) is 9.88 Å². The van der Waals surface area contributed by atoms with Gasteiger partial charge < -0.3 is 24.7 Å². The van der Waals surface area contributed by atoms with E-state index in [-0.39, 0.29) is 5.91 Å². The van der Waals surface area contributed by atoms with Crippen LogP contribution in [0.25, 0.3) is 10.9 Å². The molecule has 0 saturated carbocycles. The Bertz CT molecular complexity index is 1060. The van der Waals surface area contributed by atoms with Crippen LogP contribution in [0.1, 0.15) is 30.7 Å². The normalized spacial score (nSPS) is 14.6. The van der Waals surface area contributed by atoms with Gasteiger partial charge in [-0.25, -0.2) is 0 Å². The number of piperidine rings is 1. The first-order valence-electron chi connectivity index (χ1n) is 10.6. The summed E-state index contributed by atoms with van der Waals surface area (Å²) in [6, 6.07) is 11.5. The summed E-state index contributed by atoms with van der Waals surface area (Å²) in [4.78, 5) is 18.0. The van der Waals surface area contributed by atoms with Crippen molar-refractivity contribution in [1.29, 1.82) is 0 Å². The van der Waals surface area contributed by atoms with Crippen molar-refractivity contribution < 1.29 is 14.3 Å². The summed E-state index contributed by atoms with van der Waals surface area (Å²) in [6.07, 6.45) is 4.47. The van der Waals surface area contributed by atoms with Crippen molar-refractivity contribution >= 4 is 34.1 Å². The van der Waals surface area contributed by atoms with Crippen LogP contribution in [0, 0.1) is 0 Å². The highest BCUT2D eigenvalue weighted by Gasteiger charge is 2.25. The third kappa shape index (κ3) is 4.74. The smallest absolute Gasteiger partial charge is 0.224 e. The third-order valence-electron chi connectivity index (χ3n) is 6.02. The van der Waals surface area contributed by atoms with Crippen LogP contribution >= 0.6 is 11.6 Å². The van der Waals surface area contributed by atoms with Crippen LogP contribution in [-0.4, -0.2) is 49.6 Å². The SMILES string of the molecule is COc1ccc2[nH]cc(C3CCN(C(=O)CCNc4cc(Cl)ccc4OC)CC3)c2c1. The summed E-state index contributed by atoms with van der Waals surface area (Å²) in [5.41, 5.74) is 3.24. The maximum Gasteiger partial charge on any atom is 0.224 e. The molecule has 1 aromatic heterocycles. The van der Waals surface area contributed by atoms with E-state index in [1.165, 1.54) is 10.9 Å². The maximum absolute atomic E-state index is 12.7. The topological polar surface area (TPSA) is 66.6 Å². The Balaban J connectivity index is 1.31. The number of rotatable bonds is 7. The lowest BCUT2D eigenvalue weighted by molar-refractivity contribution is -0.131. The number of nitrogens with one attached hydrogen (secondary N) is 2. The van der Waals surface area contributed by atoms with Gasteiger partial charge in [0.15, 0.2) is 0 Å². The van der Waals surface area contributed by atoms with Gasteiger partial charge in [0.05, 0.1) is 19.9 Å². The van der Waals surface area contributed by atoms with Crippen LogP contribution in [0.15, 0.2) is 42.6 Å². The molecule has 6 nitrogen and oxygen atoms in total. The summed E-state index contributed by atoms with van der Waals surface area (Å²) < 4.78 is 10.7. The molecule has 1 aliphatic rings. The van der Waals surface area contributed by atoms with Crippen LogP contribution in [0.2, 0.25) is 5.02 Å². The lowest BCUT2D eigenvalue weighted by atomic mass is 9.89. The Hall–Kier alpha value is -2.86. The van der Waals surface area contributed by atoms with E-state index < -0.39 is 0 Å². The van der Waals surface area contributed by atoms with Crippen molar-refractivity contribution in [2.24, 2.45) is 0 Å². The molecular formula is C24H28ClN3O3. The van der Waals surface area contributed by atoms with E-state index in [0.717, 1.165) is 42.9 Å². The number of likely N-dealkylation sites (tertiary alicyclic amines) is 1. The molecule has 2 aromatic carbocycles. The first-order chi connectivity index (χ1) is 15.1. The van der Waals surface area contributed by atoms with Crippen LogP contribution in [0.4, 0.5) is 5.69 Å². The number of aromatic amines is 1. The lowest BCUT2D eigenvalue weighted by Crippen LogP contribution is -2.38. The fraction of sp³-hybridized carbons (Fsp3) is 0.375. The molecule has 1 aliphatic heterocycles. The van der Waals surface area contributed by atoms with Crippen LogP contribution < -0.4 is 14.8 Å². The highest BCUT2D eigenvalue weighted by atomic mass is 35.5. The number of carbonyl (C=O) groups excluding carboxylic acids is 1. The van der Waals surface area contributed by atoms with Gasteiger partial charge in [0.1, 0.15) is 11.5 Å². The van der Waals surface area contributed by atoms with Gasteiger partial charge in [0.25, 0.3) is 0 Å². The molecule has 0 unspecified atom stereocenters. The minimum absolute atomic E-state index is 0.174. The zero-order valence-corrected chi connectivity index (χ0v) is 18.7. The Kier molecular flexibility index (Phi) is 6.56. The molecule has 0 bridgehead atoms. The average molecular weight is 442 g/mol.